The molecule has 3 heterocycles. The van der Waals surface area contributed by atoms with Crippen LogP contribution >= 0.6 is 0 Å². The van der Waals surface area contributed by atoms with Crippen molar-refractivity contribution >= 4 is 28.5 Å². The summed E-state index contributed by atoms with van der Waals surface area (Å²) in [5.41, 5.74) is 5.85. The molecule has 1 fully saturated rings. The molecule has 0 spiro atoms. The van der Waals surface area contributed by atoms with Gasteiger partial charge in [-0.25, -0.2) is 9.67 Å². The number of nitrogens with two attached hydrogens (primary N) is 1. The molecule has 1 aliphatic rings. The Balaban J connectivity index is 1.79. The Morgan fingerprint density at radius 1 is 1.37 bits per heavy atom. The largest absolute Gasteiger partial charge is 0.373 e. The number of fused-ring (bicyclic) bond motifs is 1. The molecule has 4 rings (SSSR count). The SMILES string of the molecule is CNc1nccc2c1c(C(N)=O)nn2-c1cccc(C#C[C@]2(O)CCN(C)C2=O)c1. The van der Waals surface area contributed by atoms with Crippen molar-refractivity contribution in [2.24, 2.45) is 5.73 Å². The molecule has 0 unspecified atom stereocenters. The minimum Gasteiger partial charge on any atom is -0.373 e. The maximum absolute atomic E-state index is 12.1. The van der Waals surface area contributed by atoms with Crippen LogP contribution in [0.4, 0.5) is 5.82 Å². The second-order valence-corrected chi connectivity index (χ2v) is 7.07. The molecular formula is C21H20N6O3. The maximum Gasteiger partial charge on any atom is 0.270 e. The highest BCUT2D eigenvalue weighted by molar-refractivity contribution is 6.08. The van der Waals surface area contributed by atoms with E-state index in [0.29, 0.717) is 34.5 Å². The van der Waals surface area contributed by atoms with Gasteiger partial charge in [0.1, 0.15) is 5.82 Å². The van der Waals surface area contributed by atoms with Crippen molar-refractivity contribution in [1.29, 1.82) is 0 Å². The Kier molecular flexibility index (Phi) is 4.64. The lowest BCUT2D eigenvalue weighted by Gasteiger charge is -2.13. The lowest BCUT2D eigenvalue weighted by Crippen LogP contribution is -2.37. The van der Waals surface area contributed by atoms with Crippen LogP contribution in [0.1, 0.15) is 22.5 Å². The van der Waals surface area contributed by atoms with E-state index in [2.05, 4.69) is 27.2 Å². The van der Waals surface area contributed by atoms with Gasteiger partial charge in [0.15, 0.2) is 5.69 Å². The van der Waals surface area contributed by atoms with Gasteiger partial charge >= 0.3 is 0 Å². The van der Waals surface area contributed by atoms with E-state index in [0.717, 1.165) is 0 Å². The molecule has 9 nitrogen and oxygen atoms in total. The van der Waals surface area contributed by atoms with Crippen molar-refractivity contribution in [3.8, 4) is 17.5 Å². The standard InChI is InChI=1S/C21H20N6O3/c1-23-19-16-15(7-10-24-19)27(25-17(16)18(22)28)14-5-3-4-13(12-14)6-8-21(30)9-11-26(2)20(21)29/h3-5,7,10,12,30H,9,11H2,1-2H3,(H2,22,28)(H,23,24)/t21-/m0/s1. The first-order chi connectivity index (χ1) is 14.3. The summed E-state index contributed by atoms with van der Waals surface area (Å²) in [6, 6.07) is 8.86. The van der Waals surface area contributed by atoms with Crippen molar-refractivity contribution in [2.75, 3.05) is 26.0 Å². The van der Waals surface area contributed by atoms with E-state index in [1.54, 1.807) is 49.2 Å². The molecule has 4 N–H and O–H groups in total. The second kappa shape index (κ2) is 7.17. The lowest BCUT2D eigenvalue weighted by atomic mass is 10.0. The first-order valence-corrected chi connectivity index (χ1v) is 9.31. The van der Waals surface area contributed by atoms with Crippen LogP contribution in [0.25, 0.3) is 16.6 Å². The van der Waals surface area contributed by atoms with Gasteiger partial charge in [-0.3, -0.25) is 9.59 Å². The zero-order valence-electron chi connectivity index (χ0n) is 16.5. The van der Waals surface area contributed by atoms with Crippen LogP contribution in [0.15, 0.2) is 36.5 Å². The predicted molar refractivity (Wildman–Crippen MR) is 111 cm³/mol. The van der Waals surface area contributed by atoms with Gasteiger partial charge in [-0.1, -0.05) is 17.9 Å². The van der Waals surface area contributed by atoms with Gasteiger partial charge in [-0.15, -0.1) is 0 Å². The molecule has 1 saturated heterocycles. The summed E-state index contributed by atoms with van der Waals surface area (Å²) in [5.74, 6) is 5.02. The number of pyridine rings is 1. The summed E-state index contributed by atoms with van der Waals surface area (Å²) >= 11 is 0. The number of benzene rings is 1. The maximum atomic E-state index is 12.1. The predicted octanol–water partition coefficient (Wildman–Crippen LogP) is 0.506. The van der Waals surface area contributed by atoms with E-state index in [-0.39, 0.29) is 12.1 Å². The van der Waals surface area contributed by atoms with Gasteiger partial charge in [-0.05, 0) is 24.3 Å². The fraction of sp³-hybridized carbons (Fsp3) is 0.238. The molecule has 0 aliphatic carbocycles. The second-order valence-electron chi connectivity index (χ2n) is 7.07. The van der Waals surface area contributed by atoms with Crippen LogP contribution in [0, 0.1) is 11.8 Å². The Hall–Kier alpha value is -3.90. The smallest absolute Gasteiger partial charge is 0.270 e. The van der Waals surface area contributed by atoms with Gasteiger partial charge in [0.05, 0.1) is 16.6 Å². The van der Waals surface area contributed by atoms with Crippen LogP contribution in [0.3, 0.4) is 0 Å². The highest BCUT2D eigenvalue weighted by Gasteiger charge is 2.42. The number of hydrogen-bond donors (Lipinski definition) is 3. The van der Waals surface area contributed by atoms with Gasteiger partial charge in [0.25, 0.3) is 11.8 Å². The van der Waals surface area contributed by atoms with Gasteiger partial charge in [0, 0.05) is 38.8 Å². The Morgan fingerprint density at radius 2 is 2.17 bits per heavy atom. The van der Waals surface area contributed by atoms with E-state index in [1.165, 1.54) is 4.90 Å². The average molecular weight is 404 g/mol. The molecule has 30 heavy (non-hydrogen) atoms. The van der Waals surface area contributed by atoms with E-state index >= 15 is 0 Å². The number of anilines is 1. The number of aliphatic hydroxyl groups is 1. The normalized spacial score (nSPS) is 18.4. The molecule has 2 aromatic heterocycles. The highest BCUT2D eigenvalue weighted by atomic mass is 16.3. The number of carbonyl (C=O) groups excluding carboxylic acids is 2. The number of rotatable bonds is 3. The fourth-order valence-corrected chi connectivity index (χ4v) is 3.48. The number of amides is 2. The Labute approximate surface area is 172 Å². The molecule has 1 aliphatic heterocycles. The first-order valence-electron chi connectivity index (χ1n) is 9.31. The molecule has 152 valence electrons. The van der Waals surface area contributed by atoms with Gasteiger partial charge < -0.3 is 21.1 Å². The number of nitrogens with one attached hydrogen (secondary N) is 1. The number of primary amides is 1. The third-order valence-electron chi connectivity index (χ3n) is 5.08. The quantitative estimate of drug-likeness (QED) is 0.546. The number of carbonyl (C=O) groups is 2. The summed E-state index contributed by atoms with van der Waals surface area (Å²) in [4.78, 5) is 29.7. The topological polar surface area (TPSA) is 126 Å². The monoisotopic (exact) mass is 404 g/mol. The van der Waals surface area contributed by atoms with E-state index < -0.39 is 17.4 Å². The van der Waals surface area contributed by atoms with Crippen LogP contribution in [0.5, 0.6) is 0 Å². The number of likely N-dealkylation sites (tertiary alicyclic amines) is 1. The Bertz CT molecular complexity index is 1240. The number of hydrogen-bond acceptors (Lipinski definition) is 6. The van der Waals surface area contributed by atoms with Crippen molar-refractivity contribution in [3.05, 3.63) is 47.8 Å². The molecule has 2 amide bonds. The molecule has 0 bridgehead atoms. The highest BCUT2D eigenvalue weighted by Crippen LogP contribution is 2.27. The molecular weight excluding hydrogens is 384 g/mol. The van der Waals surface area contributed by atoms with Crippen LogP contribution in [0.2, 0.25) is 0 Å². The summed E-state index contributed by atoms with van der Waals surface area (Å²) in [6.07, 6.45) is 1.87. The number of aromatic nitrogens is 3. The molecule has 0 saturated carbocycles. The third kappa shape index (κ3) is 3.13. The molecule has 1 atom stereocenters. The molecule has 3 aromatic rings. The minimum atomic E-state index is -1.67. The van der Waals surface area contributed by atoms with E-state index in [4.69, 9.17) is 5.73 Å². The van der Waals surface area contributed by atoms with E-state index in [1.807, 2.05) is 6.07 Å². The van der Waals surface area contributed by atoms with Crippen LogP contribution in [-0.2, 0) is 4.79 Å². The zero-order chi connectivity index (χ0) is 21.5. The van der Waals surface area contributed by atoms with Crippen molar-refractivity contribution in [3.63, 3.8) is 0 Å². The number of likely N-dealkylation sites (N-methyl/N-ethyl adjacent to an activating group) is 1. The van der Waals surface area contributed by atoms with Crippen LogP contribution < -0.4 is 11.1 Å². The Morgan fingerprint density at radius 3 is 2.83 bits per heavy atom. The lowest BCUT2D eigenvalue weighted by molar-refractivity contribution is -0.137. The van der Waals surface area contributed by atoms with E-state index in [9.17, 15) is 14.7 Å². The summed E-state index contributed by atoms with van der Waals surface area (Å²) < 4.78 is 1.59. The summed E-state index contributed by atoms with van der Waals surface area (Å²) in [6.45, 7) is 0.459. The molecule has 0 radical (unpaired) electrons. The van der Waals surface area contributed by atoms with Crippen molar-refractivity contribution in [2.45, 2.75) is 12.0 Å². The summed E-state index contributed by atoms with van der Waals surface area (Å²) in [7, 11) is 3.34. The zero-order valence-corrected chi connectivity index (χ0v) is 16.5. The minimum absolute atomic E-state index is 0.104. The van der Waals surface area contributed by atoms with Crippen LogP contribution in [-0.4, -0.2) is 62.8 Å². The average Bonchev–Trinajstić information content (AvgIpc) is 3.27. The van der Waals surface area contributed by atoms with Crippen molar-refractivity contribution in [1.82, 2.24) is 19.7 Å². The van der Waals surface area contributed by atoms with Crippen molar-refractivity contribution < 1.29 is 14.7 Å². The summed E-state index contributed by atoms with van der Waals surface area (Å²) in [5, 5.41) is 18.4. The van der Waals surface area contributed by atoms with Gasteiger partial charge in [0.2, 0.25) is 5.60 Å². The fourth-order valence-electron chi connectivity index (χ4n) is 3.48. The number of nitrogens with zero attached hydrogens (tertiary/aromatic N) is 4. The molecule has 9 heteroatoms. The van der Waals surface area contributed by atoms with Gasteiger partial charge in [-0.2, -0.15) is 5.10 Å². The molecule has 1 aromatic carbocycles. The third-order valence-corrected chi connectivity index (χ3v) is 5.08. The first kappa shape index (κ1) is 19.4.